The summed E-state index contributed by atoms with van der Waals surface area (Å²) in [6.45, 7) is 0.980. The molecule has 0 aromatic heterocycles. The fourth-order valence-electron chi connectivity index (χ4n) is 2.06. The lowest BCUT2D eigenvalue weighted by Gasteiger charge is -2.12. The van der Waals surface area contributed by atoms with E-state index in [0.717, 1.165) is 10.8 Å². The van der Waals surface area contributed by atoms with Crippen LogP contribution in [0.3, 0.4) is 0 Å². The molecule has 0 bridgehead atoms. The zero-order valence-corrected chi connectivity index (χ0v) is 13.5. The zero-order valence-electron chi connectivity index (χ0n) is 12.7. The van der Waals surface area contributed by atoms with Gasteiger partial charge in [0.15, 0.2) is 5.11 Å². The van der Waals surface area contributed by atoms with Gasteiger partial charge in [0.05, 0.1) is 6.21 Å². The highest BCUT2D eigenvalue weighted by Gasteiger charge is 2.11. The van der Waals surface area contributed by atoms with E-state index in [1.54, 1.807) is 6.07 Å². The van der Waals surface area contributed by atoms with Gasteiger partial charge in [-0.2, -0.15) is 13.9 Å². The van der Waals surface area contributed by atoms with Crippen molar-refractivity contribution in [2.24, 2.45) is 5.10 Å². The molecule has 7 heteroatoms. The van der Waals surface area contributed by atoms with E-state index in [9.17, 15) is 8.78 Å². The minimum Gasteiger partial charge on any atom is -0.434 e. The van der Waals surface area contributed by atoms with Crippen molar-refractivity contribution in [1.82, 2.24) is 10.7 Å². The first kappa shape index (κ1) is 17.1. The molecule has 0 radical (unpaired) electrons. The number of ether oxygens (including phenoxy) is 1. The van der Waals surface area contributed by atoms with Crippen molar-refractivity contribution in [1.29, 1.82) is 0 Å². The molecule has 4 nitrogen and oxygen atoms in total. The summed E-state index contributed by atoms with van der Waals surface area (Å²) >= 11 is 5.06. The number of rotatable bonds is 5. The molecule has 0 spiro atoms. The van der Waals surface area contributed by atoms with E-state index in [-0.39, 0.29) is 11.8 Å². The van der Waals surface area contributed by atoms with Gasteiger partial charge >= 0.3 is 6.61 Å². The Labute approximate surface area is 138 Å². The van der Waals surface area contributed by atoms with Crippen LogP contribution in [0.25, 0.3) is 10.8 Å². The predicted octanol–water partition coefficient (Wildman–Crippen LogP) is 3.65. The van der Waals surface area contributed by atoms with Crippen LogP contribution < -0.4 is 15.5 Å². The maximum absolute atomic E-state index is 12.6. The van der Waals surface area contributed by atoms with Crippen LogP contribution >= 0.6 is 12.2 Å². The molecular formula is C16H17F2N3OS. The van der Waals surface area contributed by atoms with Gasteiger partial charge in [-0.3, -0.25) is 5.43 Å². The second-order valence-corrected chi connectivity index (χ2v) is 5.48. The molecule has 0 saturated heterocycles. The van der Waals surface area contributed by atoms with E-state index < -0.39 is 6.61 Å². The molecule has 0 aliphatic carbocycles. The van der Waals surface area contributed by atoms with Crippen molar-refractivity contribution in [3.63, 3.8) is 0 Å². The van der Waals surface area contributed by atoms with Crippen molar-refractivity contribution >= 4 is 34.3 Å². The van der Waals surface area contributed by atoms with Gasteiger partial charge in [-0.05, 0) is 42.9 Å². The van der Waals surface area contributed by atoms with Gasteiger partial charge in [0.25, 0.3) is 0 Å². The number of nitrogens with one attached hydrogen (secondary N) is 2. The van der Waals surface area contributed by atoms with Gasteiger partial charge < -0.3 is 10.1 Å². The normalized spacial score (nSPS) is 11.4. The van der Waals surface area contributed by atoms with E-state index >= 15 is 0 Å². The number of nitrogens with zero attached hydrogens (tertiary/aromatic N) is 1. The summed E-state index contributed by atoms with van der Waals surface area (Å²) in [5.74, 6) is 0.0620. The number of halogens is 2. The lowest BCUT2D eigenvalue weighted by atomic mass is 10.0. The second kappa shape index (κ2) is 7.82. The predicted molar refractivity (Wildman–Crippen MR) is 92.2 cm³/mol. The van der Waals surface area contributed by atoms with E-state index in [2.05, 4.69) is 20.6 Å². The van der Waals surface area contributed by atoms with Gasteiger partial charge in [0.1, 0.15) is 5.75 Å². The molecule has 2 aromatic rings. The molecule has 0 heterocycles. The van der Waals surface area contributed by atoms with Crippen LogP contribution in [0.1, 0.15) is 19.4 Å². The zero-order chi connectivity index (χ0) is 16.8. The van der Waals surface area contributed by atoms with Gasteiger partial charge in [0, 0.05) is 11.6 Å². The first-order valence-corrected chi connectivity index (χ1v) is 7.44. The van der Waals surface area contributed by atoms with Crippen LogP contribution in [0, 0.1) is 0 Å². The van der Waals surface area contributed by atoms with E-state index in [1.807, 2.05) is 38.1 Å². The van der Waals surface area contributed by atoms with Crippen LogP contribution in [0.5, 0.6) is 5.75 Å². The van der Waals surface area contributed by atoms with Crippen LogP contribution in [0.2, 0.25) is 0 Å². The monoisotopic (exact) mass is 337 g/mol. The minimum atomic E-state index is -2.90. The number of benzene rings is 2. The Morgan fingerprint density at radius 2 is 1.96 bits per heavy atom. The molecule has 0 atom stereocenters. The Kier molecular flexibility index (Phi) is 5.81. The first-order valence-electron chi connectivity index (χ1n) is 7.03. The summed E-state index contributed by atoms with van der Waals surface area (Å²) in [5.41, 5.74) is 3.12. The highest BCUT2D eigenvalue weighted by molar-refractivity contribution is 7.80. The molecular weight excluding hydrogens is 320 g/mol. The third-order valence-corrected chi connectivity index (χ3v) is 3.14. The fraction of sp³-hybridized carbons (Fsp3) is 0.250. The number of hydrazone groups is 1. The summed E-state index contributed by atoms with van der Waals surface area (Å²) < 4.78 is 29.7. The highest BCUT2D eigenvalue weighted by Crippen LogP contribution is 2.27. The molecule has 0 amide bonds. The molecule has 2 rings (SSSR count). The molecule has 0 saturated carbocycles. The third kappa shape index (κ3) is 4.85. The number of alkyl halides is 2. The molecule has 2 N–H and O–H groups in total. The van der Waals surface area contributed by atoms with Crippen molar-refractivity contribution in [3.05, 3.63) is 42.0 Å². The van der Waals surface area contributed by atoms with Crippen LogP contribution in [0.15, 0.2) is 41.5 Å². The largest absolute Gasteiger partial charge is 0.434 e. The average Bonchev–Trinajstić information content (AvgIpc) is 2.48. The molecule has 0 fully saturated rings. The van der Waals surface area contributed by atoms with Gasteiger partial charge in [-0.15, -0.1) is 0 Å². The van der Waals surface area contributed by atoms with E-state index in [0.29, 0.717) is 10.7 Å². The highest BCUT2D eigenvalue weighted by atomic mass is 32.1. The SMILES string of the molecule is CC(C)NC(=S)N/N=C\c1c(OC(F)F)ccc2ccccc12. The first-order chi connectivity index (χ1) is 11.0. The Hall–Kier alpha value is -2.28. The number of hydrogen-bond acceptors (Lipinski definition) is 3. The standard InChI is InChI=1S/C16H17F2N3OS/c1-10(2)20-16(23)21-19-9-13-12-6-4-3-5-11(12)7-8-14(13)22-15(17)18/h3-10,15H,1-2H3,(H2,20,21,23)/b19-9-. The summed E-state index contributed by atoms with van der Waals surface area (Å²) in [6.07, 6.45) is 1.42. The molecule has 122 valence electrons. The smallest absolute Gasteiger partial charge is 0.387 e. The third-order valence-electron chi connectivity index (χ3n) is 2.93. The van der Waals surface area contributed by atoms with Crippen molar-refractivity contribution in [3.8, 4) is 5.75 Å². The van der Waals surface area contributed by atoms with Crippen LogP contribution in [-0.2, 0) is 0 Å². The lowest BCUT2D eigenvalue weighted by Crippen LogP contribution is -2.36. The second-order valence-electron chi connectivity index (χ2n) is 5.08. The molecule has 0 aliphatic heterocycles. The van der Waals surface area contributed by atoms with Crippen molar-refractivity contribution in [2.45, 2.75) is 26.5 Å². The van der Waals surface area contributed by atoms with Gasteiger partial charge in [-0.1, -0.05) is 30.3 Å². The fourth-order valence-corrected chi connectivity index (χ4v) is 2.35. The average molecular weight is 337 g/mol. The maximum Gasteiger partial charge on any atom is 0.387 e. The van der Waals surface area contributed by atoms with Gasteiger partial charge in [0.2, 0.25) is 0 Å². The lowest BCUT2D eigenvalue weighted by molar-refractivity contribution is -0.0498. The molecule has 0 aliphatic rings. The molecule has 2 aromatic carbocycles. The van der Waals surface area contributed by atoms with Crippen LogP contribution in [0.4, 0.5) is 8.78 Å². The number of thiocarbonyl (C=S) groups is 1. The summed E-state index contributed by atoms with van der Waals surface area (Å²) in [4.78, 5) is 0. The summed E-state index contributed by atoms with van der Waals surface area (Å²) in [6, 6.07) is 10.8. The molecule has 0 unspecified atom stereocenters. The maximum atomic E-state index is 12.6. The van der Waals surface area contributed by atoms with E-state index in [1.165, 1.54) is 12.3 Å². The summed E-state index contributed by atoms with van der Waals surface area (Å²) in [7, 11) is 0. The Morgan fingerprint density at radius 3 is 2.65 bits per heavy atom. The quantitative estimate of drug-likeness (QED) is 0.497. The molecule has 23 heavy (non-hydrogen) atoms. The van der Waals surface area contributed by atoms with Crippen LogP contribution in [-0.4, -0.2) is 24.0 Å². The van der Waals surface area contributed by atoms with Crippen molar-refractivity contribution < 1.29 is 13.5 Å². The number of hydrogen-bond donors (Lipinski definition) is 2. The Morgan fingerprint density at radius 1 is 1.22 bits per heavy atom. The topological polar surface area (TPSA) is 45.7 Å². The summed E-state index contributed by atoms with van der Waals surface area (Å²) in [5, 5.41) is 9.00. The Bertz CT molecular complexity index is 720. The van der Waals surface area contributed by atoms with Crippen molar-refractivity contribution in [2.75, 3.05) is 0 Å². The minimum absolute atomic E-state index is 0.0620. The Balaban J connectivity index is 2.30. The van der Waals surface area contributed by atoms with Gasteiger partial charge in [-0.25, -0.2) is 0 Å². The number of fused-ring (bicyclic) bond motifs is 1. The van der Waals surface area contributed by atoms with E-state index in [4.69, 9.17) is 12.2 Å².